The van der Waals surface area contributed by atoms with Crippen molar-refractivity contribution in [3.05, 3.63) is 5.01 Å². The lowest BCUT2D eigenvalue weighted by Gasteiger charge is -2.18. The molecular formula is C8H16N4O2S. The minimum atomic E-state index is 0.123. The van der Waals surface area contributed by atoms with Gasteiger partial charge in [0.1, 0.15) is 5.01 Å². The maximum absolute atomic E-state index is 8.88. The Balaban J connectivity index is 2.42. The maximum Gasteiger partial charge on any atom is 0.203 e. The molecule has 0 aromatic carbocycles. The maximum atomic E-state index is 8.88. The highest BCUT2D eigenvalue weighted by Crippen LogP contribution is 2.12. The zero-order valence-electron chi connectivity index (χ0n) is 8.72. The Labute approximate surface area is 92.7 Å². The number of ether oxygens (including phenoxy) is 1. The fourth-order valence-corrected chi connectivity index (χ4v) is 1.81. The molecule has 1 rings (SSSR count). The summed E-state index contributed by atoms with van der Waals surface area (Å²) in [6.07, 6.45) is 0. The molecule has 0 radical (unpaired) electrons. The van der Waals surface area contributed by atoms with E-state index in [-0.39, 0.29) is 6.61 Å². The number of aromatic nitrogens is 2. The van der Waals surface area contributed by atoms with Crippen LogP contribution < -0.4 is 5.73 Å². The third kappa shape index (κ3) is 4.52. The quantitative estimate of drug-likeness (QED) is 0.663. The van der Waals surface area contributed by atoms with Crippen LogP contribution in [0.1, 0.15) is 5.01 Å². The predicted octanol–water partition coefficient (Wildman–Crippen LogP) is -0.439. The molecule has 3 N–H and O–H groups in total. The highest BCUT2D eigenvalue weighted by atomic mass is 32.1. The fraction of sp³-hybridized carbons (Fsp3) is 0.750. The molecule has 7 heteroatoms. The molecular weight excluding hydrogens is 216 g/mol. The Morgan fingerprint density at radius 2 is 2.27 bits per heavy atom. The van der Waals surface area contributed by atoms with Crippen molar-refractivity contribution in [1.29, 1.82) is 0 Å². The first kappa shape index (κ1) is 12.3. The van der Waals surface area contributed by atoms with Crippen molar-refractivity contribution in [3.63, 3.8) is 0 Å². The lowest BCUT2D eigenvalue weighted by Crippen LogP contribution is -2.29. The van der Waals surface area contributed by atoms with Crippen molar-refractivity contribution in [3.8, 4) is 0 Å². The third-order valence-electron chi connectivity index (χ3n) is 1.87. The van der Waals surface area contributed by atoms with E-state index in [4.69, 9.17) is 15.6 Å². The van der Waals surface area contributed by atoms with Gasteiger partial charge in [0.2, 0.25) is 5.13 Å². The first-order valence-corrected chi connectivity index (χ1v) is 5.48. The predicted molar refractivity (Wildman–Crippen MR) is 58.6 cm³/mol. The van der Waals surface area contributed by atoms with Crippen LogP contribution in [0.5, 0.6) is 0 Å². The number of aliphatic hydroxyl groups is 1. The summed E-state index contributed by atoms with van der Waals surface area (Å²) in [7, 11) is 1.65. The number of methoxy groups -OCH3 is 1. The van der Waals surface area contributed by atoms with Crippen molar-refractivity contribution in [2.45, 2.75) is 6.54 Å². The summed E-state index contributed by atoms with van der Waals surface area (Å²) in [5, 5.41) is 17.9. The normalized spacial score (nSPS) is 11.1. The average molecular weight is 232 g/mol. The summed E-state index contributed by atoms with van der Waals surface area (Å²) >= 11 is 1.37. The number of hydrogen-bond donors (Lipinski definition) is 2. The van der Waals surface area contributed by atoms with E-state index in [0.717, 1.165) is 11.6 Å². The molecule has 0 fully saturated rings. The van der Waals surface area contributed by atoms with Crippen molar-refractivity contribution in [1.82, 2.24) is 15.1 Å². The molecule has 0 unspecified atom stereocenters. The summed E-state index contributed by atoms with van der Waals surface area (Å²) in [6.45, 7) is 2.77. The van der Waals surface area contributed by atoms with Gasteiger partial charge in [-0.25, -0.2) is 0 Å². The van der Waals surface area contributed by atoms with Crippen LogP contribution >= 0.6 is 11.3 Å². The van der Waals surface area contributed by atoms with Gasteiger partial charge in [0, 0.05) is 20.2 Å². The van der Waals surface area contributed by atoms with Crippen molar-refractivity contribution < 1.29 is 9.84 Å². The largest absolute Gasteiger partial charge is 0.395 e. The van der Waals surface area contributed by atoms with E-state index in [1.165, 1.54) is 11.3 Å². The number of nitrogens with zero attached hydrogens (tertiary/aromatic N) is 3. The van der Waals surface area contributed by atoms with E-state index < -0.39 is 0 Å². The van der Waals surface area contributed by atoms with Crippen molar-refractivity contribution in [2.24, 2.45) is 0 Å². The summed E-state index contributed by atoms with van der Waals surface area (Å²) in [6, 6.07) is 0. The second-order valence-corrected chi connectivity index (χ2v) is 4.12. The Morgan fingerprint density at radius 3 is 2.80 bits per heavy atom. The zero-order valence-corrected chi connectivity index (χ0v) is 9.53. The molecule has 0 atom stereocenters. The molecule has 0 saturated carbocycles. The third-order valence-corrected chi connectivity index (χ3v) is 2.61. The summed E-state index contributed by atoms with van der Waals surface area (Å²) in [5.74, 6) is 0. The van der Waals surface area contributed by atoms with Crippen LogP contribution in [0.4, 0.5) is 5.13 Å². The van der Waals surface area contributed by atoms with Crippen LogP contribution in [0.2, 0.25) is 0 Å². The fourth-order valence-electron chi connectivity index (χ4n) is 1.15. The van der Waals surface area contributed by atoms with Crippen LogP contribution in [0, 0.1) is 0 Å². The second-order valence-electron chi connectivity index (χ2n) is 3.03. The summed E-state index contributed by atoms with van der Waals surface area (Å²) in [4.78, 5) is 2.05. The Morgan fingerprint density at radius 1 is 1.47 bits per heavy atom. The monoisotopic (exact) mass is 232 g/mol. The van der Waals surface area contributed by atoms with Crippen LogP contribution in [-0.2, 0) is 11.3 Å². The topological polar surface area (TPSA) is 84.5 Å². The second kappa shape index (κ2) is 6.67. The average Bonchev–Trinajstić information content (AvgIpc) is 2.61. The number of nitrogen functional groups attached to an aromatic ring is 1. The van der Waals surface area contributed by atoms with E-state index in [2.05, 4.69) is 10.2 Å². The van der Waals surface area contributed by atoms with Gasteiger partial charge in [0.25, 0.3) is 0 Å². The molecule has 0 saturated heterocycles. The molecule has 0 spiro atoms. The van der Waals surface area contributed by atoms with Crippen molar-refractivity contribution >= 4 is 16.5 Å². The highest BCUT2D eigenvalue weighted by Gasteiger charge is 2.08. The van der Waals surface area contributed by atoms with Crippen LogP contribution in [0.3, 0.4) is 0 Å². The first-order valence-electron chi connectivity index (χ1n) is 4.66. The van der Waals surface area contributed by atoms with Gasteiger partial charge >= 0.3 is 0 Å². The highest BCUT2D eigenvalue weighted by molar-refractivity contribution is 7.15. The molecule has 6 nitrogen and oxygen atoms in total. The van der Waals surface area contributed by atoms with E-state index in [1.54, 1.807) is 7.11 Å². The van der Waals surface area contributed by atoms with Gasteiger partial charge in [-0.15, -0.1) is 10.2 Å². The van der Waals surface area contributed by atoms with Gasteiger partial charge in [0.15, 0.2) is 0 Å². The van der Waals surface area contributed by atoms with Gasteiger partial charge in [-0.2, -0.15) is 0 Å². The first-order chi connectivity index (χ1) is 7.26. The standard InChI is InChI=1S/C8H16N4O2S/c1-14-5-3-12(2-4-13)6-7-10-11-8(9)15-7/h13H,2-6H2,1H3,(H2,9,11). The van der Waals surface area contributed by atoms with Crippen LogP contribution in [-0.4, -0.2) is 53.6 Å². The lowest BCUT2D eigenvalue weighted by molar-refractivity contribution is 0.126. The number of nitrogens with two attached hydrogens (primary N) is 1. The number of rotatable bonds is 7. The molecule has 86 valence electrons. The van der Waals surface area contributed by atoms with Gasteiger partial charge < -0.3 is 15.6 Å². The zero-order chi connectivity index (χ0) is 11.1. The van der Waals surface area contributed by atoms with Crippen molar-refractivity contribution in [2.75, 3.05) is 39.1 Å². The van der Waals surface area contributed by atoms with E-state index in [1.807, 2.05) is 4.90 Å². The molecule has 1 aromatic rings. The van der Waals surface area contributed by atoms with Gasteiger partial charge in [-0.1, -0.05) is 11.3 Å². The van der Waals surface area contributed by atoms with Crippen LogP contribution in [0.15, 0.2) is 0 Å². The molecule has 1 aromatic heterocycles. The number of anilines is 1. The molecule has 1 heterocycles. The minimum absolute atomic E-state index is 0.123. The van der Waals surface area contributed by atoms with E-state index in [9.17, 15) is 0 Å². The van der Waals surface area contributed by atoms with E-state index in [0.29, 0.717) is 24.8 Å². The number of hydrogen-bond acceptors (Lipinski definition) is 7. The molecule has 0 aliphatic carbocycles. The molecule has 0 bridgehead atoms. The Kier molecular flexibility index (Phi) is 5.48. The minimum Gasteiger partial charge on any atom is -0.395 e. The molecule has 15 heavy (non-hydrogen) atoms. The smallest absolute Gasteiger partial charge is 0.203 e. The molecule has 0 aliphatic rings. The Bertz CT molecular complexity index is 281. The lowest BCUT2D eigenvalue weighted by atomic mass is 10.4. The van der Waals surface area contributed by atoms with Crippen LogP contribution in [0.25, 0.3) is 0 Å². The summed E-state index contributed by atoms with van der Waals surface area (Å²) < 4.78 is 4.98. The number of aliphatic hydroxyl groups excluding tert-OH is 1. The summed E-state index contributed by atoms with van der Waals surface area (Å²) in [5.41, 5.74) is 5.48. The molecule has 0 aliphatic heterocycles. The SMILES string of the molecule is COCCN(CCO)Cc1nnc(N)s1. The van der Waals surface area contributed by atoms with Gasteiger partial charge in [-0.3, -0.25) is 4.90 Å². The molecule has 0 amide bonds. The van der Waals surface area contributed by atoms with E-state index >= 15 is 0 Å². The Hall–Kier alpha value is -0.760. The van der Waals surface area contributed by atoms with Gasteiger partial charge in [0.05, 0.1) is 19.8 Å². The van der Waals surface area contributed by atoms with Gasteiger partial charge in [-0.05, 0) is 0 Å².